The highest BCUT2D eigenvalue weighted by molar-refractivity contribution is 6.03. The van der Waals surface area contributed by atoms with E-state index in [9.17, 15) is 0 Å². The van der Waals surface area contributed by atoms with Gasteiger partial charge < -0.3 is 5.32 Å². The number of hydrogen-bond acceptors (Lipinski definition) is 3. The molecule has 0 bridgehead atoms. The van der Waals surface area contributed by atoms with E-state index < -0.39 is 0 Å². The molecule has 0 aromatic carbocycles. The first-order chi connectivity index (χ1) is 7.60. The van der Waals surface area contributed by atoms with Crippen LogP contribution < -0.4 is 5.32 Å². The topological polar surface area (TPSA) is 37.3 Å². The van der Waals surface area contributed by atoms with Crippen molar-refractivity contribution < 1.29 is 0 Å². The van der Waals surface area contributed by atoms with Crippen LogP contribution in [0.3, 0.4) is 0 Å². The molecule has 0 amide bonds. The van der Waals surface area contributed by atoms with Crippen LogP contribution in [0.4, 0.5) is 5.82 Å². The van der Waals surface area contributed by atoms with E-state index >= 15 is 0 Å². The number of pyridine rings is 1. The Kier molecular flexibility index (Phi) is 4.47. The van der Waals surface area contributed by atoms with Crippen LogP contribution in [0.25, 0.3) is 0 Å². The molecule has 1 aromatic rings. The molecule has 1 aromatic heterocycles. The van der Waals surface area contributed by atoms with E-state index in [-0.39, 0.29) is 0 Å². The van der Waals surface area contributed by atoms with E-state index in [4.69, 9.17) is 0 Å². The fourth-order valence-corrected chi connectivity index (χ4v) is 1.57. The van der Waals surface area contributed by atoms with Gasteiger partial charge in [-0.15, -0.1) is 0 Å². The molecule has 1 atom stereocenters. The highest BCUT2D eigenvalue weighted by atomic mass is 15.0. The Morgan fingerprint density at radius 3 is 2.81 bits per heavy atom. The van der Waals surface area contributed by atoms with E-state index in [2.05, 4.69) is 36.1 Å². The number of rotatable bonds is 4. The maximum absolute atomic E-state index is 4.40. The minimum absolute atomic E-state index is 0.428. The lowest BCUT2D eigenvalue weighted by molar-refractivity contribution is 0.758. The van der Waals surface area contributed by atoms with Crippen molar-refractivity contribution in [3.63, 3.8) is 0 Å². The molecule has 1 unspecified atom stereocenters. The Morgan fingerprint density at radius 1 is 1.56 bits per heavy atom. The Bertz CT molecular complexity index is 383. The quantitative estimate of drug-likeness (QED) is 0.790. The highest BCUT2D eigenvalue weighted by Crippen LogP contribution is 2.19. The van der Waals surface area contributed by atoms with Gasteiger partial charge in [0.05, 0.1) is 0 Å². The second-order valence-electron chi connectivity index (χ2n) is 4.11. The predicted molar refractivity (Wildman–Crippen MR) is 70.5 cm³/mol. The van der Waals surface area contributed by atoms with Crippen LogP contribution in [0, 0.1) is 6.92 Å². The van der Waals surface area contributed by atoms with Crippen LogP contribution in [0.15, 0.2) is 17.3 Å². The second-order valence-corrected chi connectivity index (χ2v) is 4.11. The lowest BCUT2D eigenvalue weighted by Crippen LogP contribution is -2.17. The molecule has 0 aliphatic heterocycles. The van der Waals surface area contributed by atoms with Crippen LogP contribution in [0.5, 0.6) is 0 Å². The normalized spacial score (nSPS) is 13.7. The van der Waals surface area contributed by atoms with E-state index in [1.54, 1.807) is 0 Å². The summed E-state index contributed by atoms with van der Waals surface area (Å²) in [5.74, 6) is 0.942. The molecule has 0 radical (unpaired) electrons. The van der Waals surface area contributed by atoms with Crippen molar-refractivity contribution in [3.05, 3.63) is 23.4 Å². The summed E-state index contributed by atoms with van der Waals surface area (Å²) in [7, 11) is 1.81. The van der Waals surface area contributed by atoms with Crippen molar-refractivity contribution in [1.29, 1.82) is 0 Å². The molecule has 1 rings (SSSR count). The van der Waals surface area contributed by atoms with Crippen molar-refractivity contribution in [1.82, 2.24) is 4.98 Å². The van der Waals surface area contributed by atoms with Crippen LogP contribution in [-0.2, 0) is 0 Å². The Balaban J connectivity index is 3.13. The zero-order valence-electron chi connectivity index (χ0n) is 10.8. The first-order valence-electron chi connectivity index (χ1n) is 5.76. The molecule has 0 saturated heterocycles. The number of aromatic nitrogens is 1. The number of nitrogens with one attached hydrogen (secondary N) is 1. The van der Waals surface area contributed by atoms with Crippen LogP contribution in [0.2, 0.25) is 0 Å². The zero-order chi connectivity index (χ0) is 12.1. The first kappa shape index (κ1) is 12.7. The maximum Gasteiger partial charge on any atom is 0.135 e. The molecule has 0 spiro atoms. The third-order valence-electron chi connectivity index (χ3n) is 2.85. The summed E-state index contributed by atoms with van der Waals surface area (Å²) in [4.78, 5) is 8.65. The summed E-state index contributed by atoms with van der Waals surface area (Å²) in [6.45, 7) is 8.43. The first-order valence-corrected chi connectivity index (χ1v) is 5.76. The predicted octanol–water partition coefficient (Wildman–Crippen LogP) is 3.04. The molecule has 0 aliphatic rings. The van der Waals surface area contributed by atoms with Crippen molar-refractivity contribution in [3.8, 4) is 0 Å². The van der Waals surface area contributed by atoms with Gasteiger partial charge in [-0.3, -0.25) is 4.99 Å². The number of aryl methyl sites for hydroxylation is 1. The summed E-state index contributed by atoms with van der Waals surface area (Å²) in [5, 5.41) is 3.42. The molecular formula is C13H21N3. The van der Waals surface area contributed by atoms with Gasteiger partial charge in [0.1, 0.15) is 5.82 Å². The van der Waals surface area contributed by atoms with Crippen molar-refractivity contribution >= 4 is 11.5 Å². The van der Waals surface area contributed by atoms with E-state index in [1.807, 2.05) is 26.2 Å². The molecule has 1 N–H and O–H groups in total. The number of anilines is 1. The lowest BCUT2D eigenvalue weighted by Gasteiger charge is -2.17. The zero-order valence-corrected chi connectivity index (χ0v) is 10.8. The van der Waals surface area contributed by atoms with E-state index in [1.165, 1.54) is 5.56 Å². The summed E-state index contributed by atoms with van der Waals surface area (Å²) in [5.41, 5.74) is 3.37. The van der Waals surface area contributed by atoms with Gasteiger partial charge in [-0.05, 0) is 38.8 Å². The minimum atomic E-state index is 0.428. The fraction of sp³-hybridized carbons (Fsp3) is 0.538. The van der Waals surface area contributed by atoms with Gasteiger partial charge in [0.25, 0.3) is 0 Å². The van der Waals surface area contributed by atoms with E-state index in [0.29, 0.717) is 6.04 Å². The van der Waals surface area contributed by atoms with Crippen molar-refractivity contribution in [2.75, 3.05) is 12.4 Å². The SMILES string of the molecule is CCC(C)Nc1nccc(C)c1/C(C)=N\C. The molecule has 16 heavy (non-hydrogen) atoms. The third-order valence-corrected chi connectivity index (χ3v) is 2.85. The molecule has 0 fully saturated rings. The lowest BCUT2D eigenvalue weighted by atomic mass is 10.1. The summed E-state index contributed by atoms with van der Waals surface area (Å²) >= 11 is 0. The standard InChI is InChI=1S/C13H21N3/c1-6-10(3)16-13-12(11(4)14-5)9(2)7-8-15-13/h7-8,10H,6H2,1-5H3,(H,15,16)/b14-11-. The Morgan fingerprint density at radius 2 is 2.25 bits per heavy atom. The smallest absolute Gasteiger partial charge is 0.135 e. The van der Waals surface area contributed by atoms with Crippen LogP contribution >= 0.6 is 0 Å². The third kappa shape index (κ3) is 2.81. The molecule has 3 heteroatoms. The summed E-state index contributed by atoms with van der Waals surface area (Å²) < 4.78 is 0. The van der Waals surface area contributed by atoms with Gasteiger partial charge in [0.2, 0.25) is 0 Å². The van der Waals surface area contributed by atoms with Gasteiger partial charge in [0, 0.05) is 30.6 Å². The average molecular weight is 219 g/mol. The summed E-state index contributed by atoms with van der Waals surface area (Å²) in [6.07, 6.45) is 2.92. The maximum atomic E-state index is 4.40. The highest BCUT2D eigenvalue weighted by Gasteiger charge is 2.11. The molecule has 88 valence electrons. The van der Waals surface area contributed by atoms with Gasteiger partial charge in [0.15, 0.2) is 0 Å². The van der Waals surface area contributed by atoms with Gasteiger partial charge in [-0.1, -0.05) is 6.92 Å². The fourth-order valence-electron chi connectivity index (χ4n) is 1.57. The number of nitrogens with zero attached hydrogens (tertiary/aromatic N) is 2. The molecule has 0 saturated carbocycles. The molecule has 1 heterocycles. The second kappa shape index (κ2) is 5.64. The van der Waals surface area contributed by atoms with Gasteiger partial charge in [-0.2, -0.15) is 0 Å². The van der Waals surface area contributed by atoms with Crippen LogP contribution in [-0.4, -0.2) is 23.8 Å². The van der Waals surface area contributed by atoms with Crippen molar-refractivity contribution in [2.45, 2.75) is 40.2 Å². The van der Waals surface area contributed by atoms with Crippen LogP contribution in [0.1, 0.15) is 38.3 Å². The van der Waals surface area contributed by atoms with E-state index in [0.717, 1.165) is 23.5 Å². The monoisotopic (exact) mass is 219 g/mol. The average Bonchev–Trinajstić information content (AvgIpc) is 2.28. The molecular weight excluding hydrogens is 198 g/mol. The largest absolute Gasteiger partial charge is 0.367 e. The van der Waals surface area contributed by atoms with Gasteiger partial charge in [-0.25, -0.2) is 4.98 Å². The minimum Gasteiger partial charge on any atom is -0.367 e. The van der Waals surface area contributed by atoms with Gasteiger partial charge >= 0.3 is 0 Å². The Labute approximate surface area is 98.0 Å². The Hall–Kier alpha value is -1.38. The van der Waals surface area contributed by atoms with Crippen molar-refractivity contribution in [2.24, 2.45) is 4.99 Å². The molecule has 3 nitrogen and oxygen atoms in total. The number of hydrogen-bond donors (Lipinski definition) is 1. The molecule has 0 aliphatic carbocycles. The summed E-state index contributed by atoms with van der Waals surface area (Å²) in [6, 6.07) is 2.45. The number of aliphatic imine (C=N–C) groups is 1.